The Hall–Kier alpha value is -3.02. The van der Waals surface area contributed by atoms with E-state index < -0.39 is 0 Å². The van der Waals surface area contributed by atoms with Crippen LogP contribution in [-0.2, 0) is 11.2 Å². The van der Waals surface area contributed by atoms with Gasteiger partial charge in [0.1, 0.15) is 11.5 Å². The van der Waals surface area contributed by atoms with Crippen LogP contribution >= 0.6 is 0 Å². The molecule has 2 aliphatic rings. The van der Waals surface area contributed by atoms with Crippen LogP contribution in [0.1, 0.15) is 41.6 Å². The Labute approximate surface area is 190 Å². The molecule has 0 aromatic heterocycles. The molecule has 2 amide bonds. The summed E-state index contributed by atoms with van der Waals surface area (Å²) in [4.78, 5) is 29.3. The number of hydrogen-bond donors (Lipinski definition) is 0. The molecule has 0 saturated carbocycles. The second-order valence-corrected chi connectivity index (χ2v) is 8.71. The van der Waals surface area contributed by atoms with Crippen molar-refractivity contribution in [2.45, 2.75) is 32.1 Å². The van der Waals surface area contributed by atoms with Crippen molar-refractivity contribution in [2.24, 2.45) is 5.92 Å². The van der Waals surface area contributed by atoms with E-state index in [2.05, 4.69) is 0 Å². The lowest BCUT2D eigenvalue weighted by Gasteiger charge is -2.32. The van der Waals surface area contributed by atoms with E-state index in [1.807, 2.05) is 58.3 Å². The average molecular weight is 437 g/mol. The van der Waals surface area contributed by atoms with Gasteiger partial charge in [0.2, 0.25) is 5.91 Å². The van der Waals surface area contributed by atoms with Gasteiger partial charge in [0, 0.05) is 37.7 Å². The minimum absolute atomic E-state index is 0.0842. The lowest BCUT2D eigenvalue weighted by Crippen LogP contribution is -2.42. The molecule has 6 heteroatoms. The summed E-state index contributed by atoms with van der Waals surface area (Å²) in [6, 6.07) is 15.1. The molecule has 0 aliphatic carbocycles. The highest BCUT2D eigenvalue weighted by Crippen LogP contribution is 2.22. The number of methoxy groups -OCH3 is 1. The first-order valence-corrected chi connectivity index (χ1v) is 11.6. The van der Waals surface area contributed by atoms with Crippen LogP contribution in [0, 0.1) is 5.92 Å². The summed E-state index contributed by atoms with van der Waals surface area (Å²) >= 11 is 0. The second-order valence-electron chi connectivity index (χ2n) is 8.71. The van der Waals surface area contributed by atoms with Gasteiger partial charge in [-0.25, -0.2) is 0 Å². The topological polar surface area (TPSA) is 59.1 Å². The Kier molecular flexibility index (Phi) is 7.30. The molecule has 170 valence electrons. The summed E-state index contributed by atoms with van der Waals surface area (Å²) in [5, 5.41) is 0. The molecule has 32 heavy (non-hydrogen) atoms. The van der Waals surface area contributed by atoms with Crippen LogP contribution in [0.3, 0.4) is 0 Å². The van der Waals surface area contributed by atoms with Gasteiger partial charge in [-0.05, 0) is 61.6 Å². The van der Waals surface area contributed by atoms with Gasteiger partial charge in [-0.15, -0.1) is 0 Å². The van der Waals surface area contributed by atoms with E-state index in [4.69, 9.17) is 9.47 Å². The van der Waals surface area contributed by atoms with Crippen LogP contribution in [0.4, 0.5) is 0 Å². The third kappa shape index (κ3) is 5.61. The van der Waals surface area contributed by atoms with Crippen LogP contribution in [0.25, 0.3) is 0 Å². The molecule has 0 spiro atoms. The Morgan fingerprint density at radius 2 is 1.69 bits per heavy atom. The third-order valence-electron chi connectivity index (χ3n) is 6.35. The van der Waals surface area contributed by atoms with E-state index in [-0.39, 0.29) is 11.8 Å². The maximum absolute atomic E-state index is 12.8. The monoisotopic (exact) mass is 436 g/mol. The standard InChI is InChI=1S/C26H32N2O4/c1-31-23-11-9-20(10-12-23)16-25(29)28-15-5-6-21(18-28)19-32-24-8-4-7-22(17-24)26(30)27-13-2-3-14-27/h4,7-12,17,21H,2-3,5-6,13-16,18-19H2,1H3. The number of carbonyl (C=O) groups is 2. The van der Waals surface area contributed by atoms with E-state index in [0.717, 1.165) is 62.4 Å². The number of benzene rings is 2. The van der Waals surface area contributed by atoms with Gasteiger partial charge in [0.05, 0.1) is 20.1 Å². The van der Waals surface area contributed by atoms with Crippen LogP contribution in [0.2, 0.25) is 0 Å². The van der Waals surface area contributed by atoms with Crippen molar-refractivity contribution in [3.63, 3.8) is 0 Å². The van der Waals surface area contributed by atoms with Gasteiger partial charge >= 0.3 is 0 Å². The molecule has 0 bridgehead atoms. The highest BCUT2D eigenvalue weighted by atomic mass is 16.5. The van der Waals surface area contributed by atoms with Crippen molar-refractivity contribution in [1.29, 1.82) is 0 Å². The van der Waals surface area contributed by atoms with Crippen molar-refractivity contribution >= 4 is 11.8 Å². The molecule has 2 aromatic carbocycles. The first kappa shape index (κ1) is 22.2. The first-order chi connectivity index (χ1) is 15.6. The van der Waals surface area contributed by atoms with Crippen molar-refractivity contribution in [2.75, 3.05) is 39.9 Å². The quantitative estimate of drug-likeness (QED) is 0.663. The molecule has 2 aromatic rings. The minimum atomic E-state index is 0.0842. The Bertz CT molecular complexity index is 922. The fraction of sp³-hybridized carbons (Fsp3) is 0.462. The summed E-state index contributed by atoms with van der Waals surface area (Å²) in [5.74, 6) is 2.04. The lowest BCUT2D eigenvalue weighted by molar-refractivity contribution is -0.132. The number of hydrogen-bond acceptors (Lipinski definition) is 4. The van der Waals surface area contributed by atoms with Gasteiger partial charge in [0.15, 0.2) is 0 Å². The molecule has 6 nitrogen and oxygen atoms in total. The van der Waals surface area contributed by atoms with Crippen LogP contribution in [0.5, 0.6) is 11.5 Å². The fourth-order valence-electron chi connectivity index (χ4n) is 4.49. The molecule has 0 radical (unpaired) electrons. The molecular weight excluding hydrogens is 404 g/mol. The van der Waals surface area contributed by atoms with E-state index in [1.54, 1.807) is 7.11 Å². The van der Waals surface area contributed by atoms with E-state index in [0.29, 0.717) is 31.1 Å². The van der Waals surface area contributed by atoms with E-state index in [9.17, 15) is 9.59 Å². The summed E-state index contributed by atoms with van der Waals surface area (Å²) < 4.78 is 11.2. The van der Waals surface area contributed by atoms with Crippen molar-refractivity contribution in [3.05, 3.63) is 59.7 Å². The average Bonchev–Trinajstić information content (AvgIpc) is 3.38. The van der Waals surface area contributed by atoms with Crippen molar-refractivity contribution in [1.82, 2.24) is 9.80 Å². The van der Waals surface area contributed by atoms with Gasteiger partial charge in [0.25, 0.3) is 5.91 Å². The van der Waals surface area contributed by atoms with Gasteiger partial charge in [-0.3, -0.25) is 9.59 Å². The van der Waals surface area contributed by atoms with E-state index in [1.165, 1.54) is 0 Å². The SMILES string of the molecule is COc1ccc(CC(=O)N2CCCC(COc3cccc(C(=O)N4CCCC4)c3)C2)cc1. The lowest BCUT2D eigenvalue weighted by atomic mass is 9.98. The molecule has 1 atom stereocenters. The highest BCUT2D eigenvalue weighted by molar-refractivity contribution is 5.94. The zero-order chi connectivity index (χ0) is 22.3. The van der Waals surface area contributed by atoms with Crippen LogP contribution in [0.15, 0.2) is 48.5 Å². The maximum Gasteiger partial charge on any atom is 0.253 e. The minimum Gasteiger partial charge on any atom is -0.497 e. The first-order valence-electron chi connectivity index (χ1n) is 11.6. The van der Waals surface area contributed by atoms with Crippen molar-refractivity contribution < 1.29 is 19.1 Å². The summed E-state index contributed by atoms with van der Waals surface area (Å²) in [6.45, 7) is 3.74. The predicted octanol–water partition coefficient (Wildman–Crippen LogP) is 3.79. The second kappa shape index (κ2) is 10.5. The molecular formula is C26H32N2O4. The molecule has 2 fully saturated rings. The van der Waals surface area contributed by atoms with Crippen LogP contribution in [-0.4, -0.2) is 61.5 Å². The number of likely N-dealkylation sites (tertiary alicyclic amines) is 2. The smallest absolute Gasteiger partial charge is 0.253 e. The molecule has 2 saturated heterocycles. The van der Waals surface area contributed by atoms with Gasteiger partial charge < -0.3 is 19.3 Å². The summed E-state index contributed by atoms with van der Waals surface area (Å²) in [7, 11) is 1.64. The molecule has 2 heterocycles. The summed E-state index contributed by atoms with van der Waals surface area (Å²) in [6.07, 6.45) is 4.58. The Morgan fingerprint density at radius 3 is 2.44 bits per heavy atom. The molecule has 4 rings (SSSR count). The number of nitrogens with zero attached hydrogens (tertiary/aromatic N) is 2. The number of carbonyl (C=O) groups excluding carboxylic acids is 2. The largest absolute Gasteiger partial charge is 0.497 e. The van der Waals surface area contributed by atoms with Crippen molar-refractivity contribution in [3.8, 4) is 11.5 Å². The third-order valence-corrected chi connectivity index (χ3v) is 6.35. The number of amides is 2. The Morgan fingerprint density at radius 1 is 0.938 bits per heavy atom. The normalized spacial score (nSPS) is 18.5. The summed E-state index contributed by atoms with van der Waals surface area (Å²) in [5.41, 5.74) is 1.68. The number of ether oxygens (including phenoxy) is 2. The predicted molar refractivity (Wildman–Crippen MR) is 123 cm³/mol. The molecule has 0 N–H and O–H groups in total. The van der Waals surface area contributed by atoms with E-state index >= 15 is 0 Å². The molecule has 1 unspecified atom stereocenters. The zero-order valence-corrected chi connectivity index (χ0v) is 18.8. The Balaban J connectivity index is 1.29. The number of piperidine rings is 1. The van der Waals surface area contributed by atoms with Gasteiger partial charge in [-0.1, -0.05) is 18.2 Å². The van der Waals surface area contributed by atoms with Crippen LogP contribution < -0.4 is 9.47 Å². The fourth-order valence-corrected chi connectivity index (χ4v) is 4.49. The van der Waals surface area contributed by atoms with Gasteiger partial charge in [-0.2, -0.15) is 0 Å². The zero-order valence-electron chi connectivity index (χ0n) is 18.8. The molecule has 2 aliphatic heterocycles. The number of rotatable bonds is 7. The highest BCUT2D eigenvalue weighted by Gasteiger charge is 2.25. The maximum atomic E-state index is 12.8.